The van der Waals surface area contributed by atoms with Crippen molar-refractivity contribution in [3.63, 3.8) is 0 Å². The van der Waals surface area contributed by atoms with Crippen LogP contribution in [0.3, 0.4) is 0 Å². The molecule has 1 heterocycles. The summed E-state index contributed by atoms with van der Waals surface area (Å²) >= 11 is 13.2. The molecule has 2 aromatic carbocycles. The third-order valence-electron chi connectivity index (χ3n) is 4.33. The zero-order valence-corrected chi connectivity index (χ0v) is 19.7. The smallest absolute Gasteiger partial charge is 0.266 e. The lowest BCUT2D eigenvalue weighted by Crippen LogP contribution is -2.29. The Morgan fingerprint density at radius 2 is 1.93 bits per heavy atom. The number of hydrogen-bond donors (Lipinski definition) is 0. The first-order chi connectivity index (χ1) is 13.3. The number of halogens is 3. The van der Waals surface area contributed by atoms with Crippen LogP contribution in [-0.4, -0.2) is 24.5 Å². The third-order valence-corrected chi connectivity index (χ3v) is 5.79. The van der Waals surface area contributed by atoms with Crippen molar-refractivity contribution in [3.05, 3.63) is 73.3 Å². The molecule has 3 nitrogen and oxygen atoms in total. The van der Waals surface area contributed by atoms with Gasteiger partial charge in [-0.3, -0.25) is 4.79 Å². The molecular formula is C22H20Br2ClNO2. The van der Waals surface area contributed by atoms with Gasteiger partial charge >= 0.3 is 0 Å². The molecule has 0 aromatic heterocycles. The van der Waals surface area contributed by atoms with Gasteiger partial charge in [0.1, 0.15) is 5.75 Å². The summed E-state index contributed by atoms with van der Waals surface area (Å²) in [6.45, 7) is 4.80. The second-order valence-corrected chi connectivity index (χ2v) is 9.07. The number of ether oxygens (including phenoxy) is 1. The van der Waals surface area contributed by atoms with Crippen LogP contribution >= 0.6 is 43.5 Å². The fraction of sp³-hybridized carbons (Fsp3) is 0.227. The van der Waals surface area contributed by atoms with E-state index in [0.717, 1.165) is 26.9 Å². The predicted molar refractivity (Wildman–Crippen MR) is 123 cm³/mol. The number of allylic oxidation sites excluding steroid dienone is 1. The van der Waals surface area contributed by atoms with Crippen molar-refractivity contribution in [2.75, 3.05) is 13.7 Å². The van der Waals surface area contributed by atoms with Gasteiger partial charge in [-0.25, -0.2) is 0 Å². The number of amides is 1. The first-order valence-electron chi connectivity index (χ1n) is 8.85. The van der Waals surface area contributed by atoms with Crippen molar-refractivity contribution in [2.24, 2.45) is 5.92 Å². The van der Waals surface area contributed by atoms with Crippen LogP contribution in [-0.2, 0) is 4.79 Å². The van der Waals surface area contributed by atoms with E-state index in [1.807, 2.05) is 53.4 Å². The lowest BCUT2D eigenvalue weighted by atomic mass is 10.0. The van der Waals surface area contributed by atoms with Gasteiger partial charge in [0.05, 0.1) is 17.3 Å². The molecule has 0 spiro atoms. The van der Waals surface area contributed by atoms with Crippen molar-refractivity contribution >= 4 is 61.0 Å². The van der Waals surface area contributed by atoms with Gasteiger partial charge in [0, 0.05) is 27.2 Å². The second kappa shape index (κ2) is 8.85. The van der Waals surface area contributed by atoms with Gasteiger partial charge in [-0.05, 0) is 63.8 Å². The Hall–Kier alpha value is -1.56. The molecule has 6 heteroatoms. The minimum Gasteiger partial charge on any atom is -0.496 e. The average molecular weight is 526 g/mol. The summed E-state index contributed by atoms with van der Waals surface area (Å²) < 4.78 is 7.01. The fourth-order valence-electron chi connectivity index (χ4n) is 3.16. The summed E-state index contributed by atoms with van der Waals surface area (Å²) in [7, 11) is 1.63. The zero-order chi connectivity index (χ0) is 20.4. The predicted octanol–water partition coefficient (Wildman–Crippen LogP) is 6.76. The molecule has 146 valence electrons. The lowest BCUT2D eigenvalue weighted by Gasteiger charge is -2.23. The van der Waals surface area contributed by atoms with E-state index < -0.39 is 0 Å². The number of nitrogens with zero attached hydrogens (tertiary/aromatic N) is 1. The molecule has 0 fully saturated rings. The van der Waals surface area contributed by atoms with Crippen molar-refractivity contribution in [1.29, 1.82) is 0 Å². The van der Waals surface area contributed by atoms with Gasteiger partial charge < -0.3 is 9.64 Å². The van der Waals surface area contributed by atoms with Gasteiger partial charge in [-0.1, -0.05) is 53.5 Å². The third kappa shape index (κ3) is 4.37. The van der Waals surface area contributed by atoms with E-state index in [9.17, 15) is 4.79 Å². The largest absolute Gasteiger partial charge is 0.496 e. The minimum absolute atomic E-state index is 0.0565. The highest BCUT2D eigenvalue weighted by molar-refractivity contribution is 9.12. The van der Waals surface area contributed by atoms with Crippen LogP contribution < -0.4 is 4.74 Å². The van der Waals surface area contributed by atoms with Crippen molar-refractivity contribution in [2.45, 2.75) is 13.8 Å². The highest BCUT2D eigenvalue weighted by Crippen LogP contribution is 2.44. The van der Waals surface area contributed by atoms with Gasteiger partial charge in [0.25, 0.3) is 5.91 Å². The van der Waals surface area contributed by atoms with E-state index >= 15 is 0 Å². The Morgan fingerprint density at radius 1 is 1.18 bits per heavy atom. The minimum atomic E-state index is -0.0565. The molecular weight excluding hydrogens is 506 g/mol. The monoisotopic (exact) mass is 523 g/mol. The second-order valence-electron chi connectivity index (χ2n) is 6.93. The van der Waals surface area contributed by atoms with E-state index in [-0.39, 0.29) is 5.91 Å². The van der Waals surface area contributed by atoms with Gasteiger partial charge in [0.15, 0.2) is 0 Å². The Kier molecular flexibility index (Phi) is 6.69. The summed E-state index contributed by atoms with van der Waals surface area (Å²) in [5.41, 5.74) is 3.40. The topological polar surface area (TPSA) is 29.5 Å². The number of hydrogen-bond acceptors (Lipinski definition) is 2. The van der Waals surface area contributed by atoms with Crippen LogP contribution in [0.2, 0.25) is 5.02 Å². The first-order valence-corrected chi connectivity index (χ1v) is 10.8. The van der Waals surface area contributed by atoms with Gasteiger partial charge in [-0.15, -0.1) is 0 Å². The fourth-order valence-corrected chi connectivity index (χ4v) is 4.36. The molecule has 1 aliphatic heterocycles. The maximum absolute atomic E-state index is 13.1. The lowest BCUT2D eigenvalue weighted by molar-refractivity contribution is -0.123. The maximum atomic E-state index is 13.1. The summed E-state index contributed by atoms with van der Waals surface area (Å²) in [5, 5.41) is 0.652. The van der Waals surface area contributed by atoms with Crippen LogP contribution in [0.1, 0.15) is 25.0 Å². The van der Waals surface area contributed by atoms with Gasteiger partial charge in [-0.2, -0.15) is 0 Å². The number of carbonyl (C=O) groups is 1. The van der Waals surface area contributed by atoms with Crippen molar-refractivity contribution < 1.29 is 9.53 Å². The molecule has 0 unspecified atom stereocenters. The number of methoxy groups -OCH3 is 1. The number of carbonyl (C=O) groups excluding carboxylic acids is 1. The molecule has 0 radical (unpaired) electrons. The summed E-state index contributed by atoms with van der Waals surface area (Å²) in [4.78, 5) is 14.9. The van der Waals surface area contributed by atoms with Crippen molar-refractivity contribution in [1.82, 2.24) is 4.90 Å². The van der Waals surface area contributed by atoms with E-state index in [0.29, 0.717) is 27.7 Å². The average Bonchev–Trinajstić information content (AvgIpc) is 2.86. The highest BCUT2D eigenvalue weighted by Gasteiger charge is 2.36. The van der Waals surface area contributed by atoms with Crippen molar-refractivity contribution in [3.8, 4) is 5.75 Å². The molecule has 1 amide bonds. The summed E-state index contributed by atoms with van der Waals surface area (Å²) in [5.74, 6) is 0.959. The number of rotatable bonds is 5. The first kappa shape index (κ1) is 21.2. The molecule has 1 aliphatic rings. The molecule has 0 saturated heterocycles. The Morgan fingerprint density at radius 3 is 2.57 bits per heavy atom. The molecule has 0 aliphatic carbocycles. The molecule has 3 rings (SSSR count). The Labute approximate surface area is 187 Å². The normalized spacial score (nSPS) is 15.9. The molecule has 0 atom stereocenters. The summed E-state index contributed by atoms with van der Waals surface area (Å²) in [6, 6.07) is 13.4. The molecule has 0 N–H and O–H groups in total. The van der Waals surface area contributed by atoms with E-state index in [1.165, 1.54) is 0 Å². The standard InChI is InChI=1S/C22H20Br2ClNO2/c1-13(2)12-26-18(10-14-5-4-6-16(25)9-14)20(21(24)22(26)27)17-11-15(23)7-8-19(17)28-3/h4-11,13H,12H2,1-3H3/b18-10+. The van der Waals surface area contributed by atoms with Crippen LogP contribution in [0.4, 0.5) is 0 Å². The SMILES string of the molecule is COc1ccc(Br)cc1C1=C(Br)C(=O)N(CC(C)C)/C1=C/c1cccc(Cl)c1. The van der Waals surface area contributed by atoms with Gasteiger partial charge in [0.2, 0.25) is 0 Å². The Bertz CT molecular complexity index is 982. The van der Waals surface area contributed by atoms with E-state index in [4.69, 9.17) is 16.3 Å². The quantitative estimate of drug-likeness (QED) is 0.432. The molecule has 0 saturated carbocycles. The molecule has 0 bridgehead atoms. The maximum Gasteiger partial charge on any atom is 0.266 e. The van der Waals surface area contributed by atoms with Crippen LogP contribution in [0, 0.1) is 5.92 Å². The summed E-state index contributed by atoms with van der Waals surface area (Å²) in [6.07, 6.45) is 2.00. The zero-order valence-electron chi connectivity index (χ0n) is 15.8. The van der Waals surface area contributed by atoms with Crippen LogP contribution in [0.5, 0.6) is 5.75 Å². The molecule has 2 aromatic rings. The van der Waals surface area contributed by atoms with Crippen LogP contribution in [0.15, 0.2) is 57.1 Å². The highest BCUT2D eigenvalue weighted by atomic mass is 79.9. The Balaban J connectivity index is 2.23. The van der Waals surface area contributed by atoms with Crippen LogP contribution in [0.25, 0.3) is 11.6 Å². The van der Waals surface area contributed by atoms with E-state index in [2.05, 4.69) is 45.7 Å². The number of benzene rings is 2. The van der Waals surface area contributed by atoms with E-state index in [1.54, 1.807) is 7.11 Å². The molecule has 28 heavy (non-hydrogen) atoms.